The van der Waals surface area contributed by atoms with E-state index in [1.807, 2.05) is 0 Å². The summed E-state index contributed by atoms with van der Waals surface area (Å²) in [6.45, 7) is 0.416. The van der Waals surface area contributed by atoms with Crippen molar-refractivity contribution in [2.24, 2.45) is 5.16 Å². The molecule has 0 bridgehead atoms. The van der Waals surface area contributed by atoms with Gasteiger partial charge in [-0.3, -0.25) is 0 Å². The Balaban J connectivity index is 1.81. The number of ether oxygens (including phenoxy) is 3. The van der Waals surface area contributed by atoms with Gasteiger partial charge in [0.15, 0.2) is 17.1 Å². The van der Waals surface area contributed by atoms with Crippen LogP contribution in [0.1, 0.15) is 25.3 Å². The van der Waals surface area contributed by atoms with E-state index in [0.717, 1.165) is 17.7 Å². The van der Waals surface area contributed by atoms with Crippen molar-refractivity contribution in [1.82, 2.24) is 0 Å². The first-order chi connectivity index (χ1) is 10.6. The second kappa shape index (κ2) is 6.08. The summed E-state index contributed by atoms with van der Waals surface area (Å²) in [6.07, 6.45) is 1.43. The average molecular weight is 313 g/mol. The summed E-state index contributed by atoms with van der Waals surface area (Å²) in [6, 6.07) is 4.79. The van der Waals surface area contributed by atoms with Crippen LogP contribution in [0.15, 0.2) is 23.4 Å². The zero-order valence-electron chi connectivity index (χ0n) is 12.2. The maximum Gasteiger partial charge on any atom is 0.387 e. The van der Waals surface area contributed by atoms with Gasteiger partial charge >= 0.3 is 6.61 Å². The molecular formula is C15H17F2NO4. The van der Waals surface area contributed by atoms with Gasteiger partial charge in [-0.05, 0) is 25.1 Å². The SMILES string of the molecule is CCOc1cc(C2=NOC3(CCOC3)C2)ccc1OC(F)F. The van der Waals surface area contributed by atoms with E-state index in [-0.39, 0.29) is 17.1 Å². The van der Waals surface area contributed by atoms with Gasteiger partial charge in [0, 0.05) is 18.4 Å². The average Bonchev–Trinajstić information content (AvgIpc) is 3.11. The van der Waals surface area contributed by atoms with Crippen LogP contribution in [0.2, 0.25) is 0 Å². The van der Waals surface area contributed by atoms with Gasteiger partial charge in [0.2, 0.25) is 0 Å². The lowest BCUT2D eigenvalue weighted by Gasteiger charge is -2.17. The highest BCUT2D eigenvalue weighted by Crippen LogP contribution is 2.36. The number of alkyl halides is 2. The van der Waals surface area contributed by atoms with E-state index in [1.54, 1.807) is 19.1 Å². The molecule has 0 radical (unpaired) electrons. The maximum absolute atomic E-state index is 12.4. The van der Waals surface area contributed by atoms with E-state index >= 15 is 0 Å². The number of rotatable bonds is 5. The summed E-state index contributed by atoms with van der Waals surface area (Å²) < 4.78 is 40.0. The lowest BCUT2D eigenvalue weighted by molar-refractivity contribution is -0.0514. The zero-order valence-corrected chi connectivity index (χ0v) is 12.2. The zero-order chi connectivity index (χ0) is 15.6. The standard InChI is InChI=1S/C15H17F2NO4/c1-2-20-13-7-10(3-4-12(13)21-14(16)17)11-8-15(22-18-11)5-6-19-9-15/h3-4,7,14H,2,5-6,8-9H2,1H3. The molecule has 3 rings (SSSR count). The number of hydrogen-bond donors (Lipinski definition) is 0. The summed E-state index contributed by atoms with van der Waals surface area (Å²) in [7, 11) is 0. The fourth-order valence-corrected chi connectivity index (χ4v) is 2.63. The number of halogens is 2. The number of oxime groups is 1. The normalized spacial score (nSPS) is 23.7. The highest BCUT2D eigenvalue weighted by atomic mass is 19.3. The minimum Gasteiger partial charge on any atom is -0.490 e. The molecule has 2 heterocycles. The van der Waals surface area contributed by atoms with Crippen molar-refractivity contribution in [1.29, 1.82) is 0 Å². The molecule has 1 atom stereocenters. The van der Waals surface area contributed by atoms with Gasteiger partial charge in [0.05, 0.1) is 25.5 Å². The maximum atomic E-state index is 12.4. The largest absolute Gasteiger partial charge is 0.490 e. The Morgan fingerprint density at radius 2 is 2.23 bits per heavy atom. The topological polar surface area (TPSA) is 49.3 Å². The Hall–Kier alpha value is -1.89. The predicted octanol–water partition coefficient (Wildman–Crippen LogP) is 2.97. The molecule has 0 amide bonds. The molecule has 7 heteroatoms. The van der Waals surface area contributed by atoms with Gasteiger partial charge in [-0.1, -0.05) is 5.16 Å². The van der Waals surface area contributed by atoms with Crippen molar-refractivity contribution in [3.05, 3.63) is 23.8 Å². The molecule has 0 saturated carbocycles. The first-order valence-electron chi connectivity index (χ1n) is 7.17. The number of benzene rings is 1. The first-order valence-corrected chi connectivity index (χ1v) is 7.17. The van der Waals surface area contributed by atoms with Crippen LogP contribution in [0.25, 0.3) is 0 Å². The molecule has 0 N–H and O–H groups in total. The molecule has 1 unspecified atom stereocenters. The molecule has 5 nitrogen and oxygen atoms in total. The molecule has 1 aromatic rings. The predicted molar refractivity (Wildman–Crippen MR) is 74.6 cm³/mol. The highest BCUT2D eigenvalue weighted by molar-refractivity contribution is 6.02. The van der Waals surface area contributed by atoms with Gasteiger partial charge in [0.25, 0.3) is 0 Å². The molecule has 1 aromatic carbocycles. The number of hydrogen-bond acceptors (Lipinski definition) is 5. The minimum absolute atomic E-state index is 0.0130. The van der Waals surface area contributed by atoms with Gasteiger partial charge in [-0.15, -0.1) is 0 Å². The molecule has 1 spiro atoms. The summed E-state index contributed by atoms with van der Waals surface area (Å²) in [5.41, 5.74) is 1.16. The lowest BCUT2D eigenvalue weighted by atomic mass is 9.93. The van der Waals surface area contributed by atoms with E-state index in [1.165, 1.54) is 6.07 Å². The molecule has 0 aromatic heterocycles. The Morgan fingerprint density at radius 3 is 2.91 bits per heavy atom. The third kappa shape index (κ3) is 2.99. The molecule has 2 aliphatic rings. The molecule has 1 fully saturated rings. The fourth-order valence-electron chi connectivity index (χ4n) is 2.63. The Labute approximate surface area is 126 Å². The monoisotopic (exact) mass is 313 g/mol. The molecule has 22 heavy (non-hydrogen) atoms. The smallest absolute Gasteiger partial charge is 0.387 e. The summed E-state index contributed by atoms with van der Waals surface area (Å²) >= 11 is 0. The summed E-state index contributed by atoms with van der Waals surface area (Å²) in [4.78, 5) is 5.53. The van der Waals surface area contributed by atoms with Crippen LogP contribution in [0.3, 0.4) is 0 Å². The quantitative estimate of drug-likeness (QED) is 0.838. The molecule has 1 saturated heterocycles. The van der Waals surface area contributed by atoms with Gasteiger partial charge in [-0.25, -0.2) is 0 Å². The summed E-state index contributed by atoms with van der Waals surface area (Å²) in [5.74, 6) is 0.283. The molecular weight excluding hydrogens is 296 g/mol. The van der Waals surface area contributed by atoms with Crippen LogP contribution in [0.5, 0.6) is 11.5 Å². The molecule has 0 aliphatic carbocycles. The van der Waals surface area contributed by atoms with Crippen LogP contribution < -0.4 is 9.47 Å². The second-order valence-corrected chi connectivity index (χ2v) is 5.26. The van der Waals surface area contributed by atoms with Crippen LogP contribution in [0, 0.1) is 0 Å². The third-order valence-corrected chi connectivity index (χ3v) is 3.70. The van der Waals surface area contributed by atoms with Crippen molar-refractivity contribution < 1.29 is 27.8 Å². The van der Waals surface area contributed by atoms with E-state index in [0.29, 0.717) is 26.2 Å². The van der Waals surface area contributed by atoms with Crippen molar-refractivity contribution in [2.75, 3.05) is 19.8 Å². The third-order valence-electron chi connectivity index (χ3n) is 3.70. The Kier molecular flexibility index (Phi) is 4.15. The minimum atomic E-state index is -2.89. The van der Waals surface area contributed by atoms with E-state index < -0.39 is 6.61 Å². The van der Waals surface area contributed by atoms with Gasteiger partial charge < -0.3 is 19.0 Å². The van der Waals surface area contributed by atoms with Crippen LogP contribution in [-0.2, 0) is 9.57 Å². The van der Waals surface area contributed by atoms with E-state index in [4.69, 9.17) is 14.3 Å². The lowest BCUT2D eigenvalue weighted by Crippen LogP contribution is -2.29. The fraction of sp³-hybridized carbons (Fsp3) is 0.533. The Bertz CT molecular complexity index is 571. The van der Waals surface area contributed by atoms with Crippen molar-refractivity contribution in [3.63, 3.8) is 0 Å². The molecule has 120 valence electrons. The van der Waals surface area contributed by atoms with E-state index in [2.05, 4.69) is 9.89 Å². The Morgan fingerprint density at radius 1 is 1.36 bits per heavy atom. The van der Waals surface area contributed by atoms with Crippen LogP contribution in [-0.4, -0.2) is 37.7 Å². The van der Waals surface area contributed by atoms with Gasteiger partial charge in [0.1, 0.15) is 0 Å². The molecule has 2 aliphatic heterocycles. The number of nitrogens with zero attached hydrogens (tertiary/aromatic N) is 1. The van der Waals surface area contributed by atoms with Crippen molar-refractivity contribution in [3.8, 4) is 11.5 Å². The van der Waals surface area contributed by atoms with Crippen LogP contribution >= 0.6 is 0 Å². The first kappa shape index (κ1) is 15.0. The van der Waals surface area contributed by atoms with Crippen molar-refractivity contribution >= 4 is 5.71 Å². The van der Waals surface area contributed by atoms with Crippen molar-refractivity contribution in [2.45, 2.75) is 32.0 Å². The van der Waals surface area contributed by atoms with Gasteiger partial charge in [-0.2, -0.15) is 8.78 Å². The van der Waals surface area contributed by atoms with Crippen LogP contribution in [0.4, 0.5) is 8.78 Å². The van der Waals surface area contributed by atoms with E-state index in [9.17, 15) is 8.78 Å². The summed E-state index contributed by atoms with van der Waals surface area (Å²) in [5, 5.41) is 4.13. The highest BCUT2D eigenvalue weighted by Gasteiger charge is 2.43. The second-order valence-electron chi connectivity index (χ2n) is 5.26.